The molecule has 2 rings (SSSR count). The fourth-order valence-corrected chi connectivity index (χ4v) is 1.91. The quantitative estimate of drug-likeness (QED) is 0.784. The van der Waals surface area contributed by atoms with Gasteiger partial charge >= 0.3 is 0 Å². The third-order valence-electron chi connectivity index (χ3n) is 2.75. The van der Waals surface area contributed by atoms with Crippen LogP contribution in [0, 0.1) is 0 Å². The number of imide groups is 1. The monoisotopic (exact) mass is 234 g/mol. The maximum Gasteiger partial charge on any atom is 0.280 e. The number of aromatic nitrogens is 1. The highest BCUT2D eigenvalue weighted by atomic mass is 16.3. The summed E-state index contributed by atoms with van der Waals surface area (Å²) in [4.78, 5) is 28.7. The van der Waals surface area contributed by atoms with E-state index in [-0.39, 0.29) is 18.1 Å². The maximum atomic E-state index is 11.9. The van der Waals surface area contributed by atoms with Crippen molar-refractivity contribution >= 4 is 11.8 Å². The number of aliphatic hydroxyl groups excluding tert-OH is 1. The van der Waals surface area contributed by atoms with E-state index < -0.39 is 12.0 Å². The van der Waals surface area contributed by atoms with Gasteiger partial charge in [0.05, 0.1) is 18.2 Å². The molecule has 0 spiro atoms. The minimum absolute atomic E-state index is 0.0435. The zero-order valence-corrected chi connectivity index (χ0v) is 9.59. The number of β-amino-alcohol motifs (C(OH)–C–C–N with tert-alkyl or cyclic N) is 1. The molecule has 0 aliphatic carbocycles. The Bertz CT molecular complexity index is 424. The van der Waals surface area contributed by atoms with Gasteiger partial charge in [-0.25, -0.2) is 0 Å². The predicted octanol–water partition coefficient (Wildman–Crippen LogP) is 0.839. The van der Waals surface area contributed by atoms with Gasteiger partial charge in [0.25, 0.3) is 11.8 Å². The molecule has 90 valence electrons. The van der Waals surface area contributed by atoms with Gasteiger partial charge in [-0.15, -0.1) is 0 Å². The van der Waals surface area contributed by atoms with E-state index in [9.17, 15) is 14.7 Å². The summed E-state index contributed by atoms with van der Waals surface area (Å²) in [7, 11) is 0. The average Bonchev–Trinajstić information content (AvgIpc) is 2.56. The Balaban J connectivity index is 2.19. The van der Waals surface area contributed by atoms with Crippen molar-refractivity contribution in [1.82, 2.24) is 9.88 Å². The van der Waals surface area contributed by atoms with Gasteiger partial charge in [-0.05, 0) is 18.6 Å². The first kappa shape index (κ1) is 11.7. The minimum Gasteiger partial charge on any atom is -0.391 e. The number of rotatable bonds is 4. The summed E-state index contributed by atoms with van der Waals surface area (Å²) < 4.78 is 0. The SMILES string of the molecule is CCCC(O)CN1C(=O)c2cccnc2C1=O. The van der Waals surface area contributed by atoms with Gasteiger partial charge in [-0.2, -0.15) is 0 Å². The lowest BCUT2D eigenvalue weighted by atomic mass is 10.2. The first-order valence-corrected chi connectivity index (χ1v) is 5.64. The molecule has 0 fully saturated rings. The van der Waals surface area contributed by atoms with E-state index in [1.54, 1.807) is 12.1 Å². The van der Waals surface area contributed by atoms with Crippen molar-refractivity contribution < 1.29 is 14.7 Å². The fraction of sp³-hybridized carbons (Fsp3) is 0.417. The summed E-state index contributed by atoms with van der Waals surface area (Å²) in [5, 5.41) is 9.66. The van der Waals surface area contributed by atoms with E-state index >= 15 is 0 Å². The third-order valence-corrected chi connectivity index (χ3v) is 2.75. The smallest absolute Gasteiger partial charge is 0.280 e. The number of hydrogen-bond donors (Lipinski definition) is 1. The van der Waals surface area contributed by atoms with Crippen LogP contribution in [-0.2, 0) is 0 Å². The van der Waals surface area contributed by atoms with Crippen LogP contribution >= 0.6 is 0 Å². The molecule has 0 aromatic carbocycles. The van der Waals surface area contributed by atoms with Crippen molar-refractivity contribution in [2.24, 2.45) is 0 Å². The number of aliphatic hydroxyl groups is 1. The lowest BCUT2D eigenvalue weighted by molar-refractivity contribution is 0.0530. The van der Waals surface area contributed by atoms with E-state index in [1.807, 2.05) is 6.92 Å². The Hall–Kier alpha value is -1.75. The van der Waals surface area contributed by atoms with Crippen molar-refractivity contribution in [3.63, 3.8) is 0 Å². The second-order valence-corrected chi connectivity index (χ2v) is 4.06. The first-order valence-electron chi connectivity index (χ1n) is 5.64. The molecule has 1 aromatic heterocycles. The molecule has 5 nitrogen and oxygen atoms in total. The Morgan fingerprint density at radius 2 is 2.18 bits per heavy atom. The Morgan fingerprint density at radius 3 is 2.82 bits per heavy atom. The molecular weight excluding hydrogens is 220 g/mol. The molecule has 5 heteroatoms. The number of nitrogens with zero attached hydrogens (tertiary/aromatic N) is 2. The fourth-order valence-electron chi connectivity index (χ4n) is 1.91. The Morgan fingerprint density at radius 1 is 1.41 bits per heavy atom. The Labute approximate surface area is 99.1 Å². The second-order valence-electron chi connectivity index (χ2n) is 4.06. The van der Waals surface area contributed by atoms with E-state index in [2.05, 4.69) is 4.98 Å². The van der Waals surface area contributed by atoms with Gasteiger partial charge in [0, 0.05) is 6.20 Å². The van der Waals surface area contributed by atoms with Crippen LogP contribution in [0.15, 0.2) is 18.3 Å². The largest absolute Gasteiger partial charge is 0.391 e. The van der Waals surface area contributed by atoms with Crippen LogP contribution in [0.5, 0.6) is 0 Å². The number of hydrogen-bond acceptors (Lipinski definition) is 4. The van der Waals surface area contributed by atoms with Crippen LogP contribution in [0.3, 0.4) is 0 Å². The van der Waals surface area contributed by atoms with Crippen molar-refractivity contribution in [2.75, 3.05) is 6.54 Å². The number of amides is 2. The molecule has 1 aromatic rings. The van der Waals surface area contributed by atoms with Crippen molar-refractivity contribution in [2.45, 2.75) is 25.9 Å². The van der Waals surface area contributed by atoms with E-state index in [0.717, 1.165) is 11.3 Å². The molecule has 1 aliphatic heterocycles. The van der Waals surface area contributed by atoms with Crippen LogP contribution in [0.1, 0.15) is 40.6 Å². The van der Waals surface area contributed by atoms with Crippen LogP contribution in [-0.4, -0.2) is 39.5 Å². The molecule has 1 unspecified atom stereocenters. The van der Waals surface area contributed by atoms with Crippen LogP contribution < -0.4 is 0 Å². The summed E-state index contributed by atoms with van der Waals surface area (Å²) in [6, 6.07) is 3.20. The molecule has 2 heterocycles. The number of fused-ring (bicyclic) bond motifs is 1. The molecule has 0 radical (unpaired) electrons. The normalized spacial score (nSPS) is 16.2. The van der Waals surface area contributed by atoms with Gasteiger partial charge in [-0.1, -0.05) is 13.3 Å². The molecule has 1 aliphatic rings. The topological polar surface area (TPSA) is 70.5 Å². The lowest BCUT2D eigenvalue weighted by Gasteiger charge is -2.17. The first-order chi connectivity index (χ1) is 8.15. The van der Waals surface area contributed by atoms with E-state index in [0.29, 0.717) is 12.0 Å². The highest BCUT2D eigenvalue weighted by molar-refractivity contribution is 6.20. The summed E-state index contributed by atoms with van der Waals surface area (Å²) >= 11 is 0. The van der Waals surface area contributed by atoms with Gasteiger partial charge in [0.2, 0.25) is 0 Å². The molecule has 0 saturated heterocycles. The zero-order chi connectivity index (χ0) is 12.4. The second kappa shape index (κ2) is 4.63. The van der Waals surface area contributed by atoms with Crippen molar-refractivity contribution in [3.8, 4) is 0 Å². The number of carbonyl (C=O) groups is 2. The number of pyridine rings is 1. The molecular formula is C12H14N2O3. The summed E-state index contributed by atoms with van der Waals surface area (Å²) in [6.45, 7) is 1.98. The van der Waals surface area contributed by atoms with Crippen LogP contribution in [0.4, 0.5) is 0 Å². The van der Waals surface area contributed by atoms with Crippen molar-refractivity contribution in [1.29, 1.82) is 0 Å². The average molecular weight is 234 g/mol. The van der Waals surface area contributed by atoms with Gasteiger partial charge < -0.3 is 5.11 Å². The number of carbonyl (C=O) groups excluding carboxylic acids is 2. The van der Waals surface area contributed by atoms with Crippen molar-refractivity contribution in [3.05, 3.63) is 29.6 Å². The summed E-state index contributed by atoms with van der Waals surface area (Å²) in [5.41, 5.74) is 0.502. The van der Waals surface area contributed by atoms with Gasteiger partial charge in [0.1, 0.15) is 5.69 Å². The molecule has 17 heavy (non-hydrogen) atoms. The molecule has 0 saturated carbocycles. The molecule has 2 amide bonds. The van der Waals surface area contributed by atoms with E-state index in [4.69, 9.17) is 0 Å². The van der Waals surface area contributed by atoms with Crippen LogP contribution in [0.25, 0.3) is 0 Å². The highest BCUT2D eigenvalue weighted by Gasteiger charge is 2.37. The molecule has 1 N–H and O–H groups in total. The maximum absolute atomic E-state index is 11.9. The third kappa shape index (κ3) is 2.06. The zero-order valence-electron chi connectivity index (χ0n) is 9.59. The lowest BCUT2D eigenvalue weighted by Crippen LogP contribution is -2.36. The van der Waals surface area contributed by atoms with E-state index in [1.165, 1.54) is 6.20 Å². The minimum atomic E-state index is -0.665. The standard InChI is InChI=1S/C12H14N2O3/c1-2-4-8(15)7-14-11(16)9-5-3-6-13-10(9)12(14)17/h3,5-6,8,15H,2,4,7H2,1H3. The molecule has 1 atom stereocenters. The summed E-state index contributed by atoms with van der Waals surface area (Å²) in [6.07, 6.45) is 2.20. The summed E-state index contributed by atoms with van der Waals surface area (Å²) in [5.74, 6) is -0.783. The van der Waals surface area contributed by atoms with Gasteiger partial charge in [0.15, 0.2) is 0 Å². The molecule has 0 bridgehead atoms. The van der Waals surface area contributed by atoms with Gasteiger partial charge in [-0.3, -0.25) is 19.5 Å². The van der Waals surface area contributed by atoms with Crippen LogP contribution in [0.2, 0.25) is 0 Å². The Kier molecular flexibility index (Phi) is 3.19. The predicted molar refractivity (Wildman–Crippen MR) is 60.5 cm³/mol. The highest BCUT2D eigenvalue weighted by Crippen LogP contribution is 2.20.